The van der Waals surface area contributed by atoms with Crippen LogP contribution in [0.4, 0.5) is 0 Å². The number of ether oxygens (including phenoxy) is 1. The third kappa shape index (κ3) is 4.77. The van der Waals surface area contributed by atoms with Crippen LogP contribution < -0.4 is 10.1 Å². The minimum atomic E-state index is -0.250. The van der Waals surface area contributed by atoms with Crippen molar-refractivity contribution in [2.75, 3.05) is 6.54 Å². The first-order valence-electron chi connectivity index (χ1n) is 6.42. The Hall–Kier alpha value is -1.53. The molecule has 0 aliphatic rings. The first kappa shape index (κ1) is 14.5. The molecule has 1 unspecified atom stereocenters. The summed E-state index contributed by atoms with van der Waals surface area (Å²) in [7, 11) is 0. The van der Waals surface area contributed by atoms with Crippen LogP contribution in [0.2, 0.25) is 0 Å². The van der Waals surface area contributed by atoms with Crippen LogP contribution in [-0.4, -0.2) is 12.6 Å². The van der Waals surface area contributed by atoms with Crippen LogP contribution in [0, 0.1) is 17.2 Å². The van der Waals surface area contributed by atoms with Crippen LogP contribution in [0.3, 0.4) is 0 Å². The van der Waals surface area contributed by atoms with Gasteiger partial charge in [0.1, 0.15) is 11.8 Å². The SMILES string of the molecule is CC(C)CNC(C#N)c1ccc(OC(C)C)cc1. The summed E-state index contributed by atoms with van der Waals surface area (Å²) in [6.07, 6.45) is 0.168. The lowest BCUT2D eigenvalue weighted by atomic mass is 10.1. The molecule has 0 saturated heterocycles. The molecule has 0 aliphatic carbocycles. The molecule has 1 rings (SSSR count). The largest absolute Gasteiger partial charge is 0.491 e. The van der Waals surface area contributed by atoms with Gasteiger partial charge < -0.3 is 4.74 Å². The standard InChI is InChI=1S/C15H22N2O/c1-11(2)10-17-15(9-16)13-5-7-14(8-6-13)18-12(3)4/h5-8,11-12,15,17H,10H2,1-4H3. The second-order valence-corrected chi connectivity index (χ2v) is 5.10. The Labute approximate surface area is 110 Å². The van der Waals surface area contributed by atoms with Gasteiger partial charge in [-0.2, -0.15) is 5.26 Å². The molecule has 0 fully saturated rings. The summed E-state index contributed by atoms with van der Waals surface area (Å²) in [5.74, 6) is 1.37. The van der Waals surface area contributed by atoms with E-state index < -0.39 is 0 Å². The van der Waals surface area contributed by atoms with E-state index in [2.05, 4.69) is 25.2 Å². The number of hydrogen-bond acceptors (Lipinski definition) is 3. The summed E-state index contributed by atoms with van der Waals surface area (Å²) >= 11 is 0. The van der Waals surface area contributed by atoms with Crippen molar-refractivity contribution in [2.45, 2.75) is 39.8 Å². The van der Waals surface area contributed by atoms with Gasteiger partial charge in [-0.05, 0) is 44.0 Å². The Kier molecular flexibility index (Phi) is 5.67. The van der Waals surface area contributed by atoms with E-state index in [1.807, 2.05) is 38.1 Å². The molecule has 0 saturated carbocycles. The molecule has 1 aromatic carbocycles. The fraction of sp³-hybridized carbons (Fsp3) is 0.533. The van der Waals surface area contributed by atoms with Crippen molar-refractivity contribution in [1.29, 1.82) is 5.26 Å². The van der Waals surface area contributed by atoms with Crippen molar-refractivity contribution in [3.63, 3.8) is 0 Å². The van der Waals surface area contributed by atoms with E-state index >= 15 is 0 Å². The van der Waals surface area contributed by atoms with Crippen molar-refractivity contribution < 1.29 is 4.74 Å². The van der Waals surface area contributed by atoms with E-state index in [0.717, 1.165) is 17.9 Å². The molecular weight excluding hydrogens is 224 g/mol. The maximum absolute atomic E-state index is 9.16. The Morgan fingerprint density at radius 3 is 2.22 bits per heavy atom. The van der Waals surface area contributed by atoms with Crippen LogP contribution in [0.5, 0.6) is 5.75 Å². The molecule has 1 atom stereocenters. The zero-order valence-electron chi connectivity index (χ0n) is 11.6. The quantitative estimate of drug-likeness (QED) is 0.837. The second kappa shape index (κ2) is 7.03. The van der Waals surface area contributed by atoms with E-state index in [0.29, 0.717) is 5.92 Å². The highest BCUT2D eigenvalue weighted by Gasteiger charge is 2.10. The third-order valence-electron chi connectivity index (χ3n) is 2.44. The smallest absolute Gasteiger partial charge is 0.121 e. The van der Waals surface area contributed by atoms with Gasteiger partial charge in [0.25, 0.3) is 0 Å². The van der Waals surface area contributed by atoms with Crippen LogP contribution >= 0.6 is 0 Å². The number of nitrogens with zero attached hydrogens (tertiary/aromatic N) is 1. The van der Waals surface area contributed by atoms with E-state index in [1.54, 1.807) is 0 Å². The lowest BCUT2D eigenvalue weighted by Gasteiger charge is -2.15. The molecule has 1 N–H and O–H groups in total. The molecule has 0 aliphatic heterocycles. The van der Waals surface area contributed by atoms with Crippen molar-refractivity contribution in [3.8, 4) is 11.8 Å². The summed E-state index contributed by atoms with van der Waals surface area (Å²) in [6, 6.07) is 9.75. The second-order valence-electron chi connectivity index (χ2n) is 5.10. The minimum Gasteiger partial charge on any atom is -0.491 e. The van der Waals surface area contributed by atoms with Crippen molar-refractivity contribution >= 4 is 0 Å². The highest BCUT2D eigenvalue weighted by atomic mass is 16.5. The molecule has 0 amide bonds. The van der Waals surface area contributed by atoms with Crippen LogP contribution in [-0.2, 0) is 0 Å². The number of rotatable bonds is 6. The summed E-state index contributed by atoms with van der Waals surface area (Å²) in [5, 5.41) is 12.4. The molecule has 0 radical (unpaired) electrons. The Bertz CT molecular complexity index is 390. The normalized spacial score (nSPS) is 12.5. The first-order chi connectivity index (χ1) is 8.52. The molecule has 1 aromatic rings. The monoisotopic (exact) mass is 246 g/mol. The van der Waals surface area contributed by atoms with E-state index in [9.17, 15) is 0 Å². The Balaban J connectivity index is 2.67. The van der Waals surface area contributed by atoms with Gasteiger partial charge in [0, 0.05) is 0 Å². The maximum Gasteiger partial charge on any atom is 0.121 e. The summed E-state index contributed by atoms with van der Waals surface area (Å²) in [6.45, 7) is 9.08. The molecule has 18 heavy (non-hydrogen) atoms. The Morgan fingerprint density at radius 2 is 1.78 bits per heavy atom. The number of hydrogen-bond donors (Lipinski definition) is 1. The Morgan fingerprint density at radius 1 is 1.17 bits per heavy atom. The van der Waals surface area contributed by atoms with Crippen LogP contribution in [0.1, 0.15) is 39.3 Å². The third-order valence-corrected chi connectivity index (χ3v) is 2.44. The van der Waals surface area contributed by atoms with Gasteiger partial charge in [-0.25, -0.2) is 0 Å². The summed E-state index contributed by atoms with van der Waals surface area (Å²) in [5.41, 5.74) is 0.981. The summed E-state index contributed by atoms with van der Waals surface area (Å²) in [4.78, 5) is 0. The predicted molar refractivity (Wildman–Crippen MR) is 73.4 cm³/mol. The topological polar surface area (TPSA) is 45.0 Å². The van der Waals surface area contributed by atoms with Crippen molar-refractivity contribution in [1.82, 2.24) is 5.32 Å². The van der Waals surface area contributed by atoms with Gasteiger partial charge >= 0.3 is 0 Å². The predicted octanol–water partition coefficient (Wildman–Crippen LogP) is 3.28. The van der Waals surface area contributed by atoms with E-state index in [-0.39, 0.29) is 12.1 Å². The minimum absolute atomic E-state index is 0.168. The van der Waals surface area contributed by atoms with Gasteiger partial charge in [-0.15, -0.1) is 0 Å². The lowest BCUT2D eigenvalue weighted by Crippen LogP contribution is -2.24. The average molecular weight is 246 g/mol. The van der Waals surface area contributed by atoms with Gasteiger partial charge in [0.15, 0.2) is 0 Å². The summed E-state index contributed by atoms with van der Waals surface area (Å²) < 4.78 is 5.58. The van der Waals surface area contributed by atoms with Crippen LogP contribution in [0.25, 0.3) is 0 Å². The fourth-order valence-corrected chi connectivity index (χ4v) is 1.60. The lowest BCUT2D eigenvalue weighted by molar-refractivity contribution is 0.242. The van der Waals surface area contributed by atoms with Gasteiger partial charge in [-0.3, -0.25) is 5.32 Å². The molecule has 0 aromatic heterocycles. The molecule has 0 spiro atoms. The van der Waals surface area contributed by atoms with Crippen molar-refractivity contribution in [2.24, 2.45) is 5.92 Å². The van der Waals surface area contributed by atoms with Gasteiger partial charge in [0.2, 0.25) is 0 Å². The number of nitrogens with one attached hydrogen (secondary N) is 1. The fourth-order valence-electron chi connectivity index (χ4n) is 1.60. The molecule has 3 heteroatoms. The van der Waals surface area contributed by atoms with Gasteiger partial charge in [-0.1, -0.05) is 26.0 Å². The van der Waals surface area contributed by atoms with Crippen molar-refractivity contribution in [3.05, 3.63) is 29.8 Å². The zero-order valence-corrected chi connectivity index (χ0v) is 11.6. The number of benzene rings is 1. The van der Waals surface area contributed by atoms with Gasteiger partial charge in [0.05, 0.1) is 12.2 Å². The molecule has 3 nitrogen and oxygen atoms in total. The molecule has 0 heterocycles. The molecule has 98 valence electrons. The zero-order chi connectivity index (χ0) is 13.5. The van der Waals surface area contributed by atoms with E-state index in [4.69, 9.17) is 10.00 Å². The van der Waals surface area contributed by atoms with Crippen LogP contribution in [0.15, 0.2) is 24.3 Å². The molecule has 0 bridgehead atoms. The van der Waals surface area contributed by atoms with E-state index in [1.165, 1.54) is 0 Å². The molecular formula is C15H22N2O. The highest BCUT2D eigenvalue weighted by molar-refractivity contribution is 5.31. The number of nitriles is 1. The maximum atomic E-state index is 9.16. The average Bonchev–Trinajstić information content (AvgIpc) is 2.31. The first-order valence-corrected chi connectivity index (χ1v) is 6.42. The highest BCUT2D eigenvalue weighted by Crippen LogP contribution is 2.18.